The standard InChI is InChI=1S/C12H18N4OS2/c1-3-16(5-4-6-17)12-9(10(13)15-19-12)11-14-8(2)7-18-11/h7,17H,3-6H2,1-2H3,(H2,13,15). The van der Waals surface area contributed by atoms with Crippen LogP contribution in [0.5, 0.6) is 0 Å². The van der Waals surface area contributed by atoms with Crippen molar-refractivity contribution in [3.63, 3.8) is 0 Å². The Morgan fingerprint density at radius 2 is 2.26 bits per heavy atom. The van der Waals surface area contributed by atoms with Crippen LogP contribution in [0.4, 0.5) is 10.8 Å². The van der Waals surface area contributed by atoms with Gasteiger partial charge in [-0.25, -0.2) is 4.98 Å². The second-order valence-corrected chi connectivity index (χ2v) is 5.81. The highest BCUT2D eigenvalue weighted by atomic mass is 32.1. The van der Waals surface area contributed by atoms with Gasteiger partial charge in [-0.1, -0.05) is 0 Å². The minimum atomic E-state index is 0.191. The molecule has 2 aromatic heterocycles. The number of thiazole rings is 1. The number of nitrogen functional groups attached to an aromatic ring is 1. The Morgan fingerprint density at radius 3 is 2.84 bits per heavy atom. The van der Waals surface area contributed by atoms with Crippen LogP contribution in [0.15, 0.2) is 5.38 Å². The van der Waals surface area contributed by atoms with Crippen LogP contribution in [0.1, 0.15) is 19.0 Å². The Kier molecular flexibility index (Phi) is 4.73. The van der Waals surface area contributed by atoms with E-state index in [1.54, 1.807) is 11.3 Å². The molecule has 0 aliphatic carbocycles. The van der Waals surface area contributed by atoms with Crippen LogP contribution >= 0.6 is 22.9 Å². The summed E-state index contributed by atoms with van der Waals surface area (Å²) in [6.07, 6.45) is 0.738. The monoisotopic (exact) mass is 298 g/mol. The predicted octanol–water partition coefficient (Wildman–Crippen LogP) is 2.37. The molecular formula is C12H18N4OS2. The maximum atomic E-state index is 8.98. The van der Waals surface area contributed by atoms with Gasteiger partial charge in [0.15, 0.2) is 0 Å². The van der Waals surface area contributed by atoms with Gasteiger partial charge in [-0.2, -0.15) is 4.37 Å². The van der Waals surface area contributed by atoms with Crippen molar-refractivity contribution >= 4 is 33.7 Å². The quantitative estimate of drug-likeness (QED) is 0.856. The maximum absolute atomic E-state index is 8.98. The van der Waals surface area contributed by atoms with E-state index in [4.69, 9.17) is 10.8 Å². The first kappa shape index (κ1) is 14.2. The van der Waals surface area contributed by atoms with Crippen molar-refractivity contribution in [2.75, 3.05) is 30.3 Å². The molecule has 3 N–H and O–H groups in total. The van der Waals surface area contributed by atoms with Gasteiger partial charge < -0.3 is 15.7 Å². The van der Waals surface area contributed by atoms with Crippen LogP contribution in [0.3, 0.4) is 0 Å². The molecule has 19 heavy (non-hydrogen) atoms. The molecule has 0 bridgehead atoms. The molecule has 0 saturated heterocycles. The Labute approximate surface area is 120 Å². The number of anilines is 2. The fourth-order valence-electron chi connectivity index (χ4n) is 1.84. The second kappa shape index (κ2) is 6.31. The lowest BCUT2D eigenvalue weighted by atomic mass is 10.3. The van der Waals surface area contributed by atoms with E-state index in [0.717, 1.165) is 40.8 Å². The summed E-state index contributed by atoms with van der Waals surface area (Å²) in [6.45, 7) is 5.91. The zero-order valence-electron chi connectivity index (χ0n) is 11.1. The van der Waals surface area contributed by atoms with Crippen LogP contribution < -0.4 is 10.6 Å². The number of aromatic nitrogens is 2. The largest absolute Gasteiger partial charge is 0.396 e. The molecule has 0 aromatic carbocycles. The predicted molar refractivity (Wildman–Crippen MR) is 82.0 cm³/mol. The van der Waals surface area contributed by atoms with E-state index in [2.05, 4.69) is 21.2 Å². The van der Waals surface area contributed by atoms with Gasteiger partial charge in [0.05, 0.1) is 5.56 Å². The summed E-state index contributed by atoms with van der Waals surface area (Å²) in [7, 11) is 0. The molecule has 0 amide bonds. The number of aliphatic hydroxyl groups excluding tert-OH is 1. The molecule has 0 aliphatic rings. The van der Waals surface area contributed by atoms with Gasteiger partial charge in [0.1, 0.15) is 15.8 Å². The van der Waals surface area contributed by atoms with Crippen molar-refractivity contribution in [3.8, 4) is 10.6 Å². The van der Waals surface area contributed by atoms with Gasteiger partial charge in [-0.3, -0.25) is 0 Å². The van der Waals surface area contributed by atoms with Crippen molar-refractivity contribution in [1.29, 1.82) is 0 Å². The van der Waals surface area contributed by atoms with Gasteiger partial charge >= 0.3 is 0 Å². The average Bonchev–Trinajstić information content (AvgIpc) is 2.97. The second-order valence-electron chi connectivity index (χ2n) is 4.20. The Morgan fingerprint density at radius 1 is 1.47 bits per heavy atom. The summed E-state index contributed by atoms with van der Waals surface area (Å²) >= 11 is 2.99. The molecule has 0 radical (unpaired) electrons. The van der Waals surface area contributed by atoms with Gasteiger partial charge in [-0.05, 0) is 31.8 Å². The number of rotatable bonds is 6. The third kappa shape index (κ3) is 3.05. The average molecular weight is 298 g/mol. The molecule has 0 spiro atoms. The minimum absolute atomic E-state index is 0.191. The molecule has 0 atom stereocenters. The van der Waals surface area contributed by atoms with E-state index in [1.165, 1.54) is 11.5 Å². The third-order valence-corrected chi connectivity index (χ3v) is 4.69. The molecule has 0 saturated carbocycles. The van der Waals surface area contributed by atoms with Crippen molar-refractivity contribution in [1.82, 2.24) is 9.36 Å². The molecule has 2 aromatic rings. The lowest BCUT2D eigenvalue weighted by Gasteiger charge is -2.21. The Balaban J connectivity index is 2.36. The number of hydrogen-bond acceptors (Lipinski definition) is 7. The van der Waals surface area contributed by atoms with Gasteiger partial charge in [0, 0.05) is 30.8 Å². The zero-order valence-corrected chi connectivity index (χ0v) is 12.7. The summed E-state index contributed by atoms with van der Waals surface area (Å²) in [4.78, 5) is 6.69. The lowest BCUT2D eigenvalue weighted by Crippen LogP contribution is -2.24. The molecule has 5 nitrogen and oxygen atoms in total. The van der Waals surface area contributed by atoms with Crippen molar-refractivity contribution in [2.45, 2.75) is 20.3 Å². The number of aliphatic hydroxyl groups is 1. The molecule has 2 rings (SSSR count). The van der Waals surface area contributed by atoms with Crippen LogP contribution in [-0.4, -0.2) is 34.2 Å². The molecular weight excluding hydrogens is 280 g/mol. The Hall–Kier alpha value is -1.18. The first-order valence-electron chi connectivity index (χ1n) is 6.20. The summed E-state index contributed by atoms with van der Waals surface area (Å²) in [5, 5.41) is 13.0. The first-order valence-corrected chi connectivity index (χ1v) is 7.86. The van der Waals surface area contributed by atoms with Crippen LogP contribution in [0.2, 0.25) is 0 Å². The van der Waals surface area contributed by atoms with E-state index in [0.29, 0.717) is 5.82 Å². The zero-order chi connectivity index (χ0) is 13.8. The van der Waals surface area contributed by atoms with Crippen LogP contribution in [0, 0.1) is 6.92 Å². The van der Waals surface area contributed by atoms with Crippen molar-refractivity contribution in [3.05, 3.63) is 11.1 Å². The minimum Gasteiger partial charge on any atom is -0.396 e. The van der Waals surface area contributed by atoms with Crippen LogP contribution in [0.25, 0.3) is 10.6 Å². The van der Waals surface area contributed by atoms with E-state index in [1.807, 2.05) is 12.3 Å². The van der Waals surface area contributed by atoms with E-state index in [9.17, 15) is 0 Å². The smallest absolute Gasteiger partial charge is 0.149 e. The highest BCUT2D eigenvalue weighted by Crippen LogP contribution is 2.40. The highest BCUT2D eigenvalue weighted by molar-refractivity contribution is 7.15. The summed E-state index contributed by atoms with van der Waals surface area (Å²) < 4.78 is 4.26. The van der Waals surface area contributed by atoms with E-state index >= 15 is 0 Å². The first-order chi connectivity index (χ1) is 9.17. The number of nitrogens with two attached hydrogens (primary N) is 1. The lowest BCUT2D eigenvalue weighted by molar-refractivity contribution is 0.290. The third-order valence-electron chi connectivity index (χ3n) is 2.79. The summed E-state index contributed by atoms with van der Waals surface area (Å²) in [6, 6.07) is 0. The number of nitrogens with zero attached hydrogens (tertiary/aromatic N) is 3. The van der Waals surface area contributed by atoms with E-state index < -0.39 is 0 Å². The molecule has 0 aliphatic heterocycles. The number of aryl methyl sites for hydroxylation is 1. The molecule has 104 valence electrons. The fraction of sp³-hybridized carbons (Fsp3) is 0.500. The maximum Gasteiger partial charge on any atom is 0.149 e. The summed E-state index contributed by atoms with van der Waals surface area (Å²) in [5.74, 6) is 0.539. The SMILES string of the molecule is CCN(CCCO)c1snc(N)c1-c1nc(C)cs1. The van der Waals surface area contributed by atoms with Gasteiger partial charge in [-0.15, -0.1) is 11.3 Å². The molecule has 0 unspecified atom stereocenters. The number of hydrogen-bond donors (Lipinski definition) is 2. The molecule has 2 heterocycles. The topological polar surface area (TPSA) is 75.3 Å². The molecule has 0 fully saturated rings. The van der Waals surface area contributed by atoms with Gasteiger partial charge in [0.2, 0.25) is 0 Å². The summed E-state index contributed by atoms with van der Waals surface area (Å²) in [5.41, 5.74) is 7.92. The van der Waals surface area contributed by atoms with Crippen molar-refractivity contribution in [2.24, 2.45) is 0 Å². The highest BCUT2D eigenvalue weighted by Gasteiger charge is 2.20. The van der Waals surface area contributed by atoms with E-state index in [-0.39, 0.29) is 6.61 Å². The normalized spacial score (nSPS) is 10.9. The van der Waals surface area contributed by atoms with Crippen LogP contribution in [-0.2, 0) is 0 Å². The molecule has 7 heteroatoms. The Bertz CT molecular complexity index is 538. The van der Waals surface area contributed by atoms with Crippen molar-refractivity contribution < 1.29 is 5.11 Å². The van der Waals surface area contributed by atoms with Gasteiger partial charge in [0.25, 0.3) is 0 Å². The fourth-order valence-corrected chi connectivity index (χ4v) is 3.66.